The first-order valence-corrected chi connectivity index (χ1v) is 7.91. The maximum absolute atomic E-state index is 9.84. The molecule has 2 unspecified atom stereocenters. The van der Waals surface area contributed by atoms with Crippen molar-refractivity contribution in [3.05, 3.63) is 11.7 Å². The zero-order valence-corrected chi connectivity index (χ0v) is 13.5. The standard InChI is InChI=1S/C15H29N3O3/c1-4-6-7-13(5-2)10-20-11-14(19)8-16-9-15-17-12(3)18-21-15/h13-14,16,19H,4-11H2,1-3H3. The molecule has 0 amide bonds. The highest BCUT2D eigenvalue weighted by atomic mass is 16.5. The molecular formula is C15H29N3O3. The van der Waals surface area contributed by atoms with Crippen molar-refractivity contribution in [3.63, 3.8) is 0 Å². The number of aliphatic hydroxyl groups is 1. The van der Waals surface area contributed by atoms with Gasteiger partial charge in [0.15, 0.2) is 5.82 Å². The molecule has 1 heterocycles. The van der Waals surface area contributed by atoms with Crippen molar-refractivity contribution in [1.82, 2.24) is 15.5 Å². The van der Waals surface area contributed by atoms with E-state index in [1.54, 1.807) is 6.92 Å². The highest BCUT2D eigenvalue weighted by molar-refractivity contribution is 4.82. The van der Waals surface area contributed by atoms with Gasteiger partial charge < -0.3 is 19.7 Å². The molecule has 0 saturated carbocycles. The zero-order valence-electron chi connectivity index (χ0n) is 13.5. The summed E-state index contributed by atoms with van der Waals surface area (Å²) in [6.45, 7) is 8.17. The van der Waals surface area contributed by atoms with Crippen molar-refractivity contribution in [3.8, 4) is 0 Å². The van der Waals surface area contributed by atoms with E-state index in [0.29, 0.717) is 37.3 Å². The summed E-state index contributed by atoms with van der Waals surface area (Å²) < 4.78 is 10.6. The zero-order chi connectivity index (χ0) is 15.5. The number of aryl methyl sites for hydroxylation is 1. The van der Waals surface area contributed by atoms with Crippen LogP contribution in [0, 0.1) is 12.8 Å². The van der Waals surface area contributed by atoms with Crippen LogP contribution in [0.25, 0.3) is 0 Å². The summed E-state index contributed by atoms with van der Waals surface area (Å²) in [7, 11) is 0. The molecule has 6 nitrogen and oxygen atoms in total. The van der Waals surface area contributed by atoms with E-state index in [1.165, 1.54) is 19.3 Å². The minimum atomic E-state index is -0.516. The van der Waals surface area contributed by atoms with Crippen LogP contribution in [0.1, 0.15) is 51.2 Å². The Kier molecular flexibility index (Phi) is 9.21. The van der Waals surface area contributed by atoms with Crippen LogP contribution in [0.15, 0.2) is 4.52 Å². The van der Waals surface area contributed by atoms with Gasteiger partial charge in [0.25, 0.3) is 0 Å². The highest BCUT2D eigenvalue weighted by Gasteiger charge is 2.09. The Morgan fingerprint density at radius 2 is 2.14 bits per heavy atom. The van der Waals surface area contributed by atoms with Crippen LogP contribution < -0.4 is 5.32 Å². The first-order chi connectivity index (χ1) is 10.2. The molecule has 1 rings (SSSR count). The van der Waals surface area contributed by atoms with E-state index in [9.17, 15) is 5.11 Å². The minimum Gasteiger partial charge on any atom is -0.389 e. The fraction of sp³-hybridized carbons (Fsp3) is 0.867. The Balaban J connectivity index is 2.06. The molecule has 1 aromatic heterocycles. The quantitative estimate of drug-likeness (QED) is 0.615. The average Bonchev–Trinajstić information content (AvgIpc) is 2.88. The first-order valence-electron chi connectivity index (χ1n) is 7.91. The van der Waals surface area contributed by atoms with E-state index >= 15 is 0 Å². The Bertz CT molecular complexity index is 371. The minimum absolute atomic E-state index is 0.360. The summed E-state index contributed by atoms with van der Waals surface area (Å²) >= 11 is 0. The molecule has 0 saturated heterocycles. The summed E-state index contributed by atoms with van der Waals surface area (Å²) in [6, 6.07) is 0. The second-order valence-corrected chi connectivity index (χ2v) is 5.47. The third-order valence-corrected chi connectivity index (χ3v) is 3.43. The van der Waals surface area contributed by atoms with E-state index in [-0.39, 0.29) is 0 Å². The fourth-order valence-electron chi connectivity index (χ4n) is 2.09. The van der Waals surface area contributed by atoms with Gasteiger partial charge in [-0.2, -0.15) is 4.98 Å². The summed E-state index contributed by atoms with van der Waals surface area (Å²) in [5.41, 5.74) is 0. The molecule has 2 atom stereocenters. The van der Waals surface area contributed by atoms with Crippen molar-refractivity contribution in [2.45, 2.75) is 59.1 Å². The summed E-state index contributed by atoms with van der Waals surface area (Å²) in [5, 5.41) is 16.6. The predicted molar refractivity (Wildman–Crippen MR) is 80.9 cm³/mol. The maximum atomic E-state index is 9.84. The topological polar surface area (TPSA) is 80.4 Å². The predicted octanol–water partition coefficient (Wildman–Crippen LogP) is 2.06. The number of hydrogen-bond donors (Lipinski definition) is 2. The largest absolute Gasteiger partial charge is 0.389 e. The van der Waals surface area contributed by atoms with Gasteiger partial charge in [-0.1, -0.05) is 38.3 Å². The SMILES string of the molecule is CCCCC(CC)COCC(O)CNCc1nc(C)no1. The number of nitrogens with zero attached hydrogens (tertiary/aromatic N) is 2. The lowest BCUT2D eigenvalue weighted by atomic mass is 10.0. The molecule has 6 heteroatoms. The molecule has 21 heavy (non-hydrogen) atoms. The molecule has 0 fully saturated rings. The Morgan fingerprint density at radius 1 is 1.33 bits per heavy atom. The van der Waals surface area contributed by atoms with E-state index in [0.717, 1.165) is 13.0 Å². The molecule has 0 aliphatic rings. The van der Waals surface area contributed by atoms with Crippen molar-refractivity contribution in [2.75, 3.05) is 19.8 Å². The molecule has 1 aromatic rings. The van der Waals surface area contributed by atoms with Gasteiger partial charge in [0.2, 0.25) is 5.89 Å². The molecule has 122 valence electrons. The van der Waals surface area contributed by atoms with Gasteiger partial charge in [-0.15, -0.1) is 0 Å². The molecule has 0 bridgehead atoms. The first kappa shape index (κ1) is 18.1. The van der Waals surface area contributed by atoms with Gasteiger partial charge in [-0.25, -0.2) is 0 Å². The molecule has 0 aliphatic heterocycles. The van der Waals surface area contributed by atoms with Gasteiger partial charge in [0.05, 0.1) is 19.3 Å². The Labute approximate surface area is 127 Å². The van der Waals surface area contributed by atoms with Gasteiger partial charge >= 0.3 is 0 Å². The molecular weight excluding hydrogens is 270 g/mol. The number of nitrogens with one attached hydrogen (secondary N) is 1. The highest BCUT2D eigenvalue weighted by Crippen LogP contribution is 2.12. The van der Waals surface area contributed by atoms with Crippen molar-refractivity contribution in [2.24, 2.45) is 5.92 Å². The van der Waals surface area contributed by atoms with Gasteiger partial charge in [0, 0.05) is 13.2 Å². The van der Waals surface area contributed by atoms with Crippen molar-refractivity contribution in [1.29, 1.82) is 0 Å². The second kappa shape index (κ2) is 10.7. The number of aromatic nitrogens is 2. The number of aliphatic hydroxyl groups excluding tert-OH is 1. The summed E-state index contributed by atoms with van der Waals surface area (Å²) in [6.07, 6.45) is 4.29. The van der Waals surface area contributed by atoms with E-state index in [1.807, 2.05) is 0 Å². The van der Waals surface area contributed by atoms with Gasteiger partial charge in [-0.05, 0) is 19.3 Å². The van der Waals surface area contributed by atoms with Crippen molar-refractivity contribution >= 4 is 0 Å². The van der Waals surface area contributed by atoms with E-state index in [4.69, 9.17) is 9.26 Å². The third-order valence-electron chi connectivity index (χ3n) is 3.43. The Morgan fingerprint density at radius 3 is 2.76 bits per heavy atom. The third kappa shape index (κ3) is 8.14. The fourth-order valence-corrected chi connectivity index (χ4v) is 2.09. The van der Waals surface area contributed by atoms with Crippen molar-refractivity contribution < 1.29 is 14.4 Å². The number of hydrogen-bond acceptors (Lipinski definition) is 6. The summed E-state index contributed by atoms with van der Waals surface area (Å²) in [4.78, 5) is 4.08. The Hall–Kier alpha value is -0.980. The molecule has 0 aromatic carbocycles. The molecule has 0 spiro atoms. The van der Waals surface area contributed by atoms with Gasteiger partial charge in [0.1, 0.15) is 0 Å². The van der Waals surface area contributed by atoms with Crippen LogP contribution in [-0.4, -0.2) is 41.1 Å². The molecule has 0 aliphatic carbocycles. The average molecular weight is 299 g/mol. The van der Waals surface area contributed by atoms with Crippen LogP contribution in [0.4, 0.5) is 0 Å². The smallest absolute Gasteiger partial charge is 0.240 e. The normalized spacial score (nSPS) is 14.3. The van der Waals surface area contributed by atoms with Gasteiger partial charge in [-0.3, -0.25) is 0 Å². The maximum Gasteiger partial charge on any atom is 0.240 e. The monoisotopic (exact) mass is 299 g/mol. The lowest BCUT2D eigenvalue weighted by Gasteiger charge is -2.17. The number of rotatable bonds is 12. The molecule has 0 radical (unpaired) electrons. The number of unbranched alkanes of at least 4 members (excludes halogenated alkanes) is 1. The van der Waals surface area contributed by atoms with Crippen LogP contribution >= 0.6 is 0 Å². The van der Waals surface area contributed by atoms with Crippen LogP contribution in [0.3, 0.4) is 0 Å². The van der Waals surface area contributed by atoms with E-state index < -0.39 is 6.10 Å². The van der Waals surface area contributed by atoms with Crippen LogP contribution in [-0.2, 0) is 11.3 Å². The lowest BCUT2D eigenvalue weighted by Crippen LogP contribution is -2.30. The number of ether oxygens (including phenoxy) is 1. The van der Waals surface area contributed by atoms with Crippen LogP contribution in [0.5, 0.6) is 0 Å². The summed E-state index contributed by atoms with van der Waals surface area (Å²) in [5.74, 6) is 1.76. The second-order valence-electron chi connectivity index (χ2n) is 5.47. The van der Waals surface area contributed by atoms with Crippen LogP contribution in [0.2, 0.25) is 0 Å². The van der Waals surface area contributed by atoms with E-state index in [2.05, 4.69) is 29.3 Å². The lowest BCUT2D eigenvalue weighted by molar-refractivity contribution is 0.0190. The molecule has 2 N–H and O–H groups in total.